The van der Waals surface area contributed by atoms with Crippen LogP contribution in [0.15, 0.2) is 18.2 Å². The number of aromatic amines is 1. The van der Waals surface area contributed by atoms with Crippen LogP contribution in [-0.2, 0) is 0 Å². The Balaban J connectivity index is 1.67. The first-order valence-corrected chi connectivity index (χ1v) is 6.30. The smallest absolute Gasteiger partial charge is 0.294 e. The molecule has 0 spiro atoms. The third-order valence-electron chi connectivity index (χ3n) is 3.34. The molecule has 96 valence electrons. The van der Waals surface area contributed by atoms with E-state index in [4.69, 9.17) is 4.74 Å². The summed E-state index contributed by atoms with van der Waals surface area (Å²) in [5.41, 5.74) is 1.41. The van der Waals surface area contributed by atoms with Crippen LogP contribution in [0, 0.1) is 11.7 Å². The van der Waals surface area contributed by atoms with Crippen molar-refractivity contribution in [2.75, 3.05) is 19.7 Å². The van der Waals surface area contributed by atoms with Gasteiger partial charge in [-0.1, -0.05) is 0 Å². The van der Waals surface area contributed by atoms with Gasteiger partial charge < -0.3 is 15.0 Å². The average molecular weight is 249 g/mol. The van der Waals surface area contributed by atoms with Crippen LogP contribution in [-0.4, -0.2) is 29.7 Å². The van der Waals surface area contributed by atoms with E-state index in [-0.39, 0.29) is 5.82 Å². The van der Waals surface area contributed by atoms with Crippen LogP contribution in [0.5, 0.6) is 6.01 Å². The number of H-pyrrole nitrogens is 1. The average Bonchev–Trinajstić information content (AvgIpc) is 2.79. The van der Waals surface area contributed by atoms with Gasteiger partial charge in [-0.2, -0.15) is 4.98 Å². The maximum atomic E-state index is 13.0. The highest BCUT2D eigenvalue weighted by atomic mass is 19.1. The molecule has 0 amide bonds. The molecule has 2 N–H and O–H groups in total. The monoisotopic (exact) mass is 249 g/mol. The van der Waals surface area contributed by atoms with Crippen LogP contribution in [0.3, 0.4) is 0 Å². The molecule has 3 rings (SSSR count). The van der Waals surface area contributed by atoms with E-state index < -0.39 is 0 Å². The van der Waals surface area contributed by atoms with Crippen LogP contribution in [0.4, 0.5) is 4.39 Å². The number of piperidine rings is 1. The molecule has 0 bridgehead atoms. The van der Waals surface area contributed by atoms with E-state index >= 15 is 0 Å². The van der Waals surface area contributed by atoms with Crippen molar-refractivity contribution >= 4 is 11.0 Å². The quantitative estimate of drug-likeness (QED) is 0.875. The summed E-state index contributed by atoms with van der Waals surface area (Å²) in [6.07, 6.45) is 2.27. The van der Waals surface area contributed by atoms with Crippen molar-refractivity contribution in [2.24, 2.45) is 5.92 Å². The molecular weight excluding hydrogens is 233 g/mol. The molecule has 0 radical (unpaired) electrons. The van der Waals surface area contributed by atoms with Gasteiger partial charge in [-0.15, -0.1) is 0 Å². The molecule has 0 saturated carbocycles. The molecule has 1 aliphatic heterocycles. The second kappa shape index (κ2) is 4.94. The molecule has 1 aromatic carbocycles. The summed E-state index contributed by atoms with van der Waals surface area (Å²) in [6.45, 7) is 2.78. The Morgan fingerprint density at radius 1 is 1.33 bits per heavy atom. The Labute approximate surface area is 105 Å². The Bertz CT molecular complexity index is 534. The Morgan fingerprint density at radius 2 is 2.17 bits per heavy atom. The summed E-state index contributed by atoms with van der Waals surface area (Å²) in [4.78, 5) is 7.27. The lowest BCUT2D eigenvalue weighted by atomic mass is 9.99. The normalized spacial score (nSPS) is 17.2. The molecule has 0 atom stereocenters. The van der Waals surface area contributed by atoms with Crippen molar-refractivity contribution in [3.05, 3.63) is 24.0 Å². The highest BCUT2D eigenvalue weighted by Crippen LogP contribution is 2.18. The van der Waals surface area contributed by atoms with Gasteiger partial charge in [-0.3, -0.25) is 0 Å². The van der Waals surface area contributed by atoms with Gasteiger partial charge in [0.1, 0.15) is 5.82 Å². The zero-order valence-corrected chi connectivity index (χ0v) is 10.1. The van der Waals surface area contributed by atoms with Gasteiger partial charge >= 0.3 is 0 Å². The number of imidazole rings is 1. The number of benzene rings is 1. The van der Waals surface area contributed by atoms with E-state index in [2.05, 4.69) is 15.3 Å². The van der Waals surface area contributed by atoms with Gasteiger partial charge in [0.25, 0.3) is 6.01 Å². The molecule has 1 aliphatic rings. The Hall–Kier alpha value is -1.62. The first-order valence-electron chi connectivity index (χ1n) is 6.30. The van der Waals surface area contributed by atoms with Gasteiger partial charge in [0.05, 0.1) is 17.6 Å². The van der Waals surface area contributed by atoms with Crippen LogP contribution in [0.25, 0.3) is 11.0 Å². The fourth-order valence-corrected chi connectivity index (χ4v) is 2.27. The number of aromatic nitrogens is 2. The second-order valence-electron chi connectivity index (χ2n) is 4.71. The van der Waals surface area contributed by atoms with E-state index in [1.807, 2.05) is 0 Å². The fraction of sp³-hybridized carbons (Fsp3) is 0.462. The minimum absolute atomic E-state index is 0.268. The molecule has 1 aromatic heterocycles. The summed E-state index contributed by atoms with van der Waals surface area (Å²) in [5.74, 6) is 0.312. The number of hydrogen-bond donors (Lipinski definition) is 2. The first kappa shape index (κ1) is 11.5. The largest absolute Gasteiger partial charge is 0.464 e. The van der Waals surface area contributed by atoms with E-state index in [1.165, 1.54) is 12.1 Å². The molecule has 0 aliphatic carbocycles. The summed E-state index contributed by atoms with van der Waals surface area (Å²) >= 11 is 0. The Morgan fingerprint density at radius 3 is 3.00 bits per heavy atom. The van der Waals surface area contributed by atoms with Crippen LogP contribution >= 0.6 is 0 Å². The van der Waals surface area contributed by atoms with E-state index in [0.29, 0.717) is 24.1 Å². The number of halogens is 1. The van der Waals surface area contributed by atoms with Crippen LogP contribution in [0.1, 0.15) is 12.8 Å². The van der Waals surface area contributed by atoms with Crippen molar-refractivity contribution in [1.82, 2.24) is 15.3 Å². The van der Waals surface area contributed by atoms with Crippen molar-refractivity contribution in [1.29, 1.82) is 0 Å². The molecule has 5 heteroatoms. The molecular formula is C13H16FN3O. The number of rotatable bonds is 3. The van der Waals surface area contributed by atoms with E-state index in [1.54, 1.807) is 6.07 Å². The first-order chi connectivity index (χ1) is 8.81. The van der Waals surface area contributed by atoms with Crippen molar-refractivity contribution in [2.45, 2.75) is 12.8 Å². The van der Waals surface area contributed by atoms with Crippen molar-refractivity contribution < 1.29 is 9.13 Å². The van der Waals surface area contributed by atoms with Gasteiger partial charge in [0, 0.05) is 0 Å². The number of hydrogen-bond acceptors (Lipinski definition) is 3. The summed E-state index contributed by atoms with van der Waals surface area (Å²) in [5, 5.41) is 3.32. The topological polar surface area (TPSA) is 49.9 Å². The standard InChI is InChI=1S/C13H16FN3O/c14-10-1-2-11-12(7-10)17-13(16-11)18-8-9-3-5-15-6-4-9/h1-2,7,9,15H,3-6,8H2,(H,16,17). The summed E-state index contributed by atoms with van der Waals surface area (Å²) in [7, 11) is 0. The second-order valence-corrected chi connectivity index (χ2v) is 4.71. The molecule has 0 unspecified atom stereocenters. The van der Waals surface area contributed by atoms with Crippen molar-refractivity contribution in [3.63, 3.8) is 0 Å². The number of ether oxygens (including phenoxy) is 1. The van der Waals surface area contributed by atoms with E-state index in [9.17, 15) is 4.39 Å². The molecule has 1 saturated heterocycles. The minimum Gasteiger partial charge on any atom is -0.464 e. The molecule has 1 fully saturated rings. The molecule has 18 heavy (non-hydrogen) atoms. The van der Waals surface area contributed by atoms with Gasteiger partial charge in [0.2, 0.25) is 0 Å². The highest BCUT2D eigenvalue weighted by Gasteiger charge is 2.14. The lowest BCUT2D eigenvalue weighted by Gasteiger charge is -2.21. The SMILES string of the molecule is Fc1ccc2nc(OCC3CCNCC3)[nH]c2c1. The molecule has 2 heterocycles. The van der Waals surface area contributed by atoms with Crippen LogP contribution < -0.4 is 10.1 Å². The number of fused-ring (bicyclic) bond motifs is 1. The fourth-order valence-electron chi connectivity index (χ4n) is 2.27. The van der Waals surface area contributed by atoms with E-state index in [0.717, 1.165) is 31.4 Å². The maximum absolute atomic E-state index is 13.0. The maximum Gasteiger partial charge on any atom is 0.294 e. The predicted octanol–water partition coefficient (Wildman–Crippen LogP) is 2.08. The van der Waals surface area contributed by atoms with Gasteiger partial charge in [-0.25, -0.2) is 4.39 Å². The third-order valence-corrected chi connectivity index (χ3v) is 3.34. The molecule has 2 aromatic rings. The summed E-state index contributed by atoms with van der Waals surface area (Å²) < 4.78 is 18.7. The zero-order chi connectivity index (χ0) is 12.4. The summed E-state index contributed by atoms with van der Waals surface area (Å²) in [6, 6.07) is 4.96. The molecule has 4 nitrogen and oxygen atoms in total. The highest BCUT2D eigenvalue weighted by molar-refractivity contribution is 5.75. The Kier molecular flexibility index (Phi) is 3.15. The zero-order valence-electron chi connectivity index (χ0n) is 10.1. The van der Waals surface area contributed by atoms with Gasteiger partial charge in [-0.05, 0) is 50.0 Å². The lowest BCUT2D eigenvalue weighted by Crippen LogP contribution is -2.30. The van der Waals surface area contributed by atoms with Gasteiger partial charge in [0.15, 0.2) is 0 Å². The predicted molar refractivity (Wildman–Crippen MR) is 67.1 cm³/mol. The van der Waals surface area contributed by atoms with Crippen molar-refractivity contribution in [3.8, 4) is 6.01 Å². The van der Waals surface area contributed by atoms with Crippen LogP contribution in [0.2, 0.25) is 0 Å². The lowest BCUT2D eigenvalue weighted by molar-refractivity contribution is 0.204. The minimum atomic E-state index is -0.268. The number of nitrogens with zero attached hydrogens (tertiary/aromatic N) is 1. The number of nitrogens with one attached hydrogen (secondary N) is 2. The third kappa shape index (κ3) is 2.46.